The predicted molar refractivity (Wildman–Crippen MR) is 96.5 cm³/mol. The zero-order valence-electron chi connectivity index (χ0n) is 13.6. The van der Waals surface area contributed by atoms with Crippen molar-refractivity contribution in [3.63, 3.8) is 0 Å². The van der Waals surface area contributed by atoms with Crippen LogP contribution in [0.4, 0.5) is 0 Å². The van der Waals surface area contributed by atoms with Crippen molar-refractivity contribution < 1.29 is 4.74 Å². The van der Waals surface area contributed by atoms with Gasteiger partial charge in [-0.05, 0) is 48.4 Å². The summed E-state index contributed by atoms with van der Waals surface area (Å²) >= 11 is 0. The molecule has 3 heteroatoms. The Kier molecular flexibility index (Phi) is 4.93. The molecule has 2 unspecified atom stereocenters. The van der Waals surface area contributed by atoms with E-state index in [2.05, 4.69) is 53.4 Å². The summed E-state index contributed by atoms with van der Waals surface area (Å²) in [6, 6.07) is 17.4. The molecule has 0 bridgehead atoms. The van der Waals surface area contributed by atoms with Crippen molar-refractivity contribution in [3.8, 4) is 5.75 Å². The maximum Gasteiger partial charge on any atom is 0.122 e. The van der Waals surface area contributed by atoms with Crippen molar-refractivity contribution in [3.05, 3.63) is 65.2 Å². The van der Waals surface area contributed by atoms with Gasteiger partial charge in [-0.2, -0.15) is 0 Å². The number of rotatable bonds is 3. The number of piperidine rings is 1. The van der Waals surface area contributed by atoms with Gasteiger partial charge in [-0.1, -0.05) is 42.5 Å². The molecule has 0 radical (unpaired) electrons. The molecule has 0 spiro atoms. The summed E-state index contributed by atoms with van der Waals surface area (Å²) in [7, 11) is 1.80. The summed E-state index contributed by atoms with van der Waals surface area (Å²) in [5.74, 6) is 2.54. The molecular formula is C20H24ClNO. The molecule has 0 saturated carbocycles. The molecule has 1 aliphatic carbocycles. The normalized spacial score (nSPS) is 22.8. The number of nitrogens with zero attached hydrogens (tertiary/aromatic N) is 1. The van der Waals surface area contributed by atoms with Crippen LogP contribution in [0.2, 0.25) is 0 Å². The van der Waals surface area contributed by atoms with Crippen LogP contribution in [0.15, 0.2) is 48.5 Å². The van der Waals surface area contributed by atoms with Crippen LogP contribution >= 0.6 is 12.4 Å². The van der Waals surface area contributed by atoms with E-state index in [1.165, 1.54) is 42.6 Å². The third-order valence-corrected chi connectivity index (χ3v) is 5.30. The Labute approximate surface area is 144 Å². The Morgan fingerprint density at radius 1 is 1.09 bits per heavy atom. The highest BCUT2D eigenvalue weighted by atomic mass is 35.5. The average Bonchev–Trinajstić information content (AvgIpc) is 2.93. The monoisotopic (exact) mass is 329 g/mol. The van der Waals surface area contributed by atoms with Gasteiger partial charge in [0, 0.05) is 18.7 Å². The number of halogens is 1. The van der Waals surface area contributed by atoms with E-state index in [0.717, 1.165) is 18.2 Å². The zero-order valence-corrected chi connectivity index (χ0v) is 14.4. The maximum absolute atomic E-state index is 5.61. The predicted octanol–water partition coefficient (Wildman–Crippen LogP) is 4.28. The molecule has 2 aromatic rings. The van der Waals surface area contributed by atoms with Gasteiger partial charge in [0.2, 0.25) is 0 Å². The molecule has 0 N–H and O–H groups in total. The number of hydrogen-bond donors (Lipinski definition) is 0. The highest BCUT2D eigenvalue weighted by Gasteiger charge is 2.38. The number of ether oxygens (including phenoxy) is 1. The molecule has 4 rings (SSSR count). The summed E-state index contributed by atoms with van der Waals surface area (Å²) in [6.45, 7) is 3.47. The third kappa shape index (κ3) is 3.11. The Morgan fingerprint density at radius 3 is 2.70 bits per heavy atom. The second kappa shape index (κ2) is 6.94. The van der Waals surface area contributed by atoms with Gasteiger partial charge in [-0.15, -0.1) is 12.4 Å². The van der Waals surface area contributed by atoms with Crippen LogP contribution in [0.5, 0.6) is 5.75 Å². The molecule has 1 saturated heterocycles. The molecule has 2 atom stereocenters. The van der Waals surface area contributed by atoms with Gasteiger partial charge >= 0.3 is 0 Å². The Balaban J connectivity index is 0.00000156. The maximum atomic E-state index is 5.61. The molecule has 2 aliphatic rings. The number of benzene rings is 2. The van der Waals surface area contributed by atoms with Crippen molar-refractivity contribution in [2.75, 3.05) is 20.2 Å². The highest BCUT2D eigenvalue weighted by Crippen LogP contribution is 2.47. The first-order valence-electron chi connectivity index (χ1n) is 8.27. The molecule has 23 heavy (non-hydrogen) atoms. The quantitative estimate of drug-likeness (QED) is 0.833. The topological polar surface area (TPSA) is 12.5 Å². The summed E-state index contributed by atoms with van der Waals surface area (Å²) in [6.07, 6.45) is 2.47. The molecule has 1 fully saturated rings. The SMILES string of the molecule is COc1cccc2c1C1CCN(Cc3ccccc3)CC1C2.Cl. The van der Waals surface area contributed by atoms with Crippen LogP contribution in [0, 0.1) is 5.92 Å². The summed E-state index contributed by atoms with van der Waals surface area (Å²) in [5.41, 5.74) is 4.43. The largest absolute Gasteiger partial charge is 0.496 e. The van der Waals surface area contributed by atoms with E-state index < -0.39 is 0 Å². The van der Waals surface area contributed by atoms with Gasteiger partial charge in [0.1, 0.15) is 5.75 Å². The second-order valence-electron chi connectivity index (χ2n) is 6.61. The van der Waals surface area contributed by atoms with Gasteiger partial charge in [0.25, 0.3) is 0 Å². The first kappa shape index (κ1) is 16.4. The zero-order chi connectivity index (χ0) is 14.9. The molecule has 2 nitrogen and oxygen atoms in total. The van der Waals surface area contributed by atoms with Gasteiger partial charge in [0.05, 0.1) is 7.11 Å². The van der Waals surface area contributed by atoms with Crippen molar-refractivity contribution in [1.82, 2.24) is 4.90 Å². The van der Waals surface area contributed by atoms with Crippen LogP contribution < -0.4 is 4.74 Å². The molecule has 122 valence electrons. The highest BCUT2D eigenvalue weighted by molar-refractivity contribution is 5.85. The molecule has 1 heterocycles. The van der Waals surface area contributed by atoms with E-state index in [9.17, 15) is 0 Å². The van der Waals surface area contributed by atoms with Crippen LogP contribution in [-0.4, -0.2) is 25.1 Å². The standard InChI is InChI=1S/C20H23NO.ClH/c1-22-19-9-5-8-16-12-17-14-21(11-10-18(17)20(16)19)13-15-6-3-2-4-7-15;/h2-9,17-18H,10-14H2,1H3;1H. The van der Waals surface area contributed by atoms with Crippen molar-refractivity contribution in [1.29, 1.82) is 0 Å². The van der Waals surface area contributed by atoms with Crippen LogP contribution in [0.25, 0.3) is 0 Å². The fourth-order valence-corrected chi connectivity index (χ4v) is 4.33. The van der Waals surface area contributed by atoms with E-state index in [-0.39, 0.29) is 12.4 Å². The lowest BCUT2D eigenvalue weighted by Gasteiger charge is -2.35. The van der Waals surface area contributed by atoms with Crippen LogP contribution in [-0.2, 0) is 13.0 Å². The van der Waals surface area contributed by atoms with E-state index >= 15 is 0 Å². The Hall–Kier alpha value is -1.51. The molecular weight excluding hydrogens is 306 g/mol. The van der Waals surface area contributed by atoms with Crippen LogP contribution in [0.3, 0.4) is 0 Å². The van der Waals surface area contributed by atoms with E-state index in [0.29, 0.717) is 5.92 Å². The van der Waals surface area contributed by atoms with E-state index in [1.54, 1.807) is 7.11 Å². The minimum Gasteiger partial charge on any atom is -0.496 e. The minimum atomic E-state index is 0. The Bertz CT molecular complexity index is 658. The lowest BCUT2D eigenvalue weighted by Crippen LogP contribution is -2.37. The first-order chi connectivity index (χ1) is 10.8. The van der Waals surface area contributed by atoms with Gasteiger partial charge < -0.3 is 4.74 Å². The van der Waals surface area contributed by atoms with Crippen molar-refractivity contribution in [2.24, 2.45) is 5.92 Å². The van der Waals surface area contributed by atoms with Crippen LogP contribution in [0.1, 0.15) is 29.0 Å². The lowest BCUT2D eigenvalue weighted by atomic mass is 9.85. The fraction of sp³-hybridized carbons (Fsp3) is 0.400. The van der Waals surface area contributed by atoms with Crippen molar-refractivity contribution >= 4 is 12.4 Å². The molecule has 1 aliphatic heterocycles. The smallest absolute Gasteiger partial charge is 0.122 e. The first-order valence-corrected chi connectivity index (χ1v) is 8.27. The molecule has 0 aromatic heterocycles. The second-order valence-corrected chi connectivity index (χ2v) is 6.61. The molecule has 0 amide bonds. The summed E-state index contributed by atoms with van der Waals surface area (Å²) in [5, 5.41) is 0. The van der Waals surface area contributed by atoms with Gasteiger partial charge in [-0.3, -0.25) is 4.90 Å². The average molecular weight is 330 g/mol. The van der Waals surface area contributed by atoms with E-state index in [1.807, 2.05) is 0 Å². The molecule has 2 aromatic carbocycles. The van der Waals surface area contributed by atoms with Gasteiger partial charge in [-0.25, -0.2) is 0 Å². The van der Waals surface area contributed by atoms with E-state index in [4.69, 9.17) is 4.74 Å². The number of hydrogen-bond acceptors (Lipinski definition) is 2. The number of methoxy groups -OCH3 is 1. The minimum absolute atomic E-state index is 0. The summed E-state index contributed by atoms with van der Waals surface area (Å²) in [4.78, 5) is 2.62. The Morgan fingerprint density at radius 2 is 1.91 bits per heavy atom. The lowest BCUT2D eigenvalue weighted by molar-refractivity contribution is 0.154. The van der Waals surface area contributed by atoms with Gasteiger partial charge in [0.15, 0.2) is 0 Å². The summed E-state index contributed by atoms with van der Waals surface area (Å²) < 4.78 is 5.61. The number of likely N-dealkylation sites (tertiary alicyclic amines) is 1. The van der Waals surface area contributed by atoms with Crippen molar-refractivity contribution in [2.45, 2.75) is 25.3 Å². The number of fused-ring (bicyclic) bond motifs is 3. The fourth-order valence-electron chi connectivity index (χ4n) is 4.33. The third-order valence-electron chi connectivity index (χ3n) is 5.30.